The van der Waals surface area contributed by atoms with E-state index in [4.69, 9.17) is 0 Å². The third kappa shape index (κ3) is 4.46. The lowest BCUT2D eigenvalue weighted by atomic mass is 10.0. The molecule has 0 spiro atoms. The molecule has 2 amide bonds. The summed E-state index contributed by atoms with van der Waals surface area (Å²) in [5.74, 6) is 1.06. The van der Waals surface area contributed by atoms with Crippen LogP contribution in [0.3, 0.4) is 0 Å². The van der Waals surface area contributed by atoms with Gasteiger partial charge < -0.3 is 15.5 Å². The summed E-state index contributed by atoms with van der Waals surface area (Å²) in [5, 5.41) is 7.20. The second kappa shape index (κ2) is 6.14. The minimum atomic E-state index is -0.0735. The summed E-state index contributed by atoms with van der Waals surface area (Å²) in [6.07, 6.45) is 1.09. The van der Waals surface area contributed by atoms with E-state index in [1.165, 1.54) is 4.90 Å². The standard InChI is InChI=1S/C11H22N4OS/c1-5-11(2)8-17-9(14-11)12-6-7-13-10(16)15(3)4/h5-8H2,1-4H3,(H,12,14)(H,13,16). The van der Waals surface area contributed by atoms with Crippen LogP contribution in [-0.4, -0.2) is 54.6 Å². The molecule has 5 nitrogen and oxygen atoms in total. The summed E-state index contributed by atoms with van der Waals surface area (Å²) in [5.41, 5.74) is 0.177. The third-order valence-electron chi connectivity index (χ3n) is 2.77. The molecular weight excluding hydrogens is 236 g/mol. The van der Waals surface area contributed by atoms with Gasteiger partial charge in [-0.2, -0.15) is 0 Å². The average Bonchev–Trinajstić information content (AvgIpc) is 2.67. The summed E-state index contributed by atoms with van der Waals surface area (Å²) < 4.78 is 0. The second-order valence-corrected chi connectivity index (χ2v) is 5.61. The van der Waals surface area contributed by atoms with Crippen molar-refractivity contribution in [1.82, 2.24) is 15.5 Å². The fraction of sp³-hybridized carbons (Fsp3) is 0.818. The summed E-state index contributed by atoms with van der Waals surface area (Å²) >= 11 is 1.75. The molecule has 17 heavy (non-hydrogen) atoms. The van der Waals surface area contributed by atoms with Gasteiger partial charge in [-0.3, -0.25) is 4.99 Å². The van der Waals surface area contributed by atoms with Crippen molar-refractivity contribution < 1.29 is 4.79 Å². The first kappa shape index (κ1) is 14.2. The highest BCUT2D eigenvalue weighted by atomic mass is 32.2. The van der Waals surface area contributed by atoms with Gasteiger partial charge in [0.2, 0.25) is 0 Å². The van der Waals surface area contributed by atoms with Crippen molar-refractivity contribution in [2.75, 3.05) is 32.9 Å². The molecule has 1 heterocycles. The molecule has 1 unspecified atom stereocenters. The van der Waals surface area contributed by atoms with Crippen molar-refractivity contribution in [2.45, 2.75) is 25.8 Å². The van der Waals surface area contributed by atoms with Gasteiger partial charge in [0, 0.05) is 31.9 Å². The highest BCUT2D eigenvalue weighted by Crippen LogP contribution is 2.25. The topological polar surface area (TPSA) is 56.7 Å². The lowest BCUT2D eigenvalue weighted by Crippen LogP contribution is -2.40. The van der Waals surface area contributed by atoms with Crippen LogP contribution in [0, 0.1) is 0 Å². The number of hydrogen-bond acceptors (Lipinski definition) is 3. The minimum absolute atomic E-state index is 0.0735. The van der Waals surface area contributed by atoms with Crippen LogP contribution in [0.4, 0.5) is 4.79 Å². The Balaban J connectivity index is 2.25. The Morgan fingerprint density at radius 1 is 1.65 bits per heavy atom. The van der Waals surface area contributed by atoms with Gasteiger partial charge in [0.25, 0.3) is 0 Å². The van der Waals surface area contributed by atoms with Crippen LogP contribution >= 0.6 is 11.8 Å². The summed E-state index contributed by atoms with van der Waals surface area (Å²) in [7, 11) is 3.45. The molecular formula is C11H22N4OS. The number of hydrogen-bond donors (Lipinski definition) is 2. The Morgan fingerprint density at radius 3 is 2.88 bits per heavy atom. The Morgan fingerprint density at radius 2 is 2.35 bits per heavy atom. The molecule has 1 aliphatic heterocycles. The Labute approximate surface area is 107 Å². The zero-order chi connectivity index (χ0) is 12.9. The van der Waals surface area contributed by atoms with Crippen LogP contribution in [0.15, 0.2) is 4.99 Å². The fourth-order valence-corrected chi connectivity index (χ4v) is 2.54. The lowest BCUT2D eigenvalue weighted by Gasteiger charge is -2.20. The number of rotatable bonds is 4. The van der Waals surface area contributed by atoms with Crippen LogP contribution < -0.4 is 10.6 Å². The molecule has 0 aromatic carbocycles. The number of nitrogens with zero attached hydrogens (tertiary/aromatic N) is 2. The van der Waals surface area contributed by atoms with Crippen molar-refractivity contribution >= 4 is 23.0 Å². The van der Waals surface area contributed by atoms with Gasteiger partial charge >= 0.3 is 6.03 Å². The number of aliphatic imine (C=N–C) groups is 1. The molecule has 98 valence electrons. The van der Waals surface area contributed by atoms with Crippen LogP contribution in [0.5, 0.6) is 0 Å². The molecule has 1 atom stereocenters. The number of thioether (sulfide) groups is 1. The van der Waals surface area contributed by atoms with E-state index in [1.807, 2.05) is 0 Å². The van der Waals surface area contributed by atoms with Gasteiger partial charge in [-0.05, 0) is 13.3 Å². The summed E-state index contributed by atoms with van der Waals surface area (Å²) in [6.45, 7) is 5.57. The predicted molar refractivity (Wildman–Crippen MR) is 73.7 cm³/mol. The van der Waals surface area contributed by atoms with Gasteiger partial charge in [0.15, 0.2) is 5.17 Å². The zero-order valence-electron chi connectivity index (χ0n) is 11.0. The predicted octanol–water partition coefficient (Wildman–Crippen LogP) is 1.12. The number of urea groups is 1. The Kier molecular flexibility index (Phi) is 5.11. The number of amidine groups is 1. The van der Waals surface area contributed by atoms with Gasteiger partial charge in [-0.1, -0.05) is 18.7 Å². The number of carbonyl (C=O) groups is 1. The normalized spacial score (nSPS) is 25.8. The van der Waals surface area contributed by atoms with E-state index in [0.717, 1.165) is 17.3 Å². The highest BCUT2D eigenvalue weighted by Gasteiger charge is 2.30. The largest absolute Gasteiger partial charge is 0.359 e. The van der Waals surface area contributed by atoms with E-state index in [9.17, 15) is 4.79 Å². The van der Waals surface area contributed by atoms with E-state index >= 15 is 0 Å². The van der Waals surface area contributed by atoms with Crippen molar-refractivity contribution in [3.8, 4) is 0 Å². The van der Waals surface area contributed by atoms with Crippen molar-refractivity contribution in [3.05, 3.63) is 0 Å². The third-order valence-corrected chi connectivity index (χ3v) is 4.05. The Bertz CT molecular complexity index is 306. The van der Waals surface area contributed by atoms with Crippen LogP contribution in [0.25, 0.3) is 0 Å². The molecule has 0 bridgehead atoms. The van der Waals surface area contributed by atoms with Crippen LogP contribution in [0.1, 0.15) is 20.3 Å². The molecule has 1 fully saturated rings. The molecule has 6 heteroatoms. The maximum atomic E-state index is 11.2. The molecule has 0 aromatic heterocycles. The Hall–Kier alpha value is -0.910. The van der Waals surface area contributed by atoms with Crippen LogP contribution in [0.2, 0.25) is 0 Å². The smallest absolute Gasteiger partial charge is 0.316 e. The lowest BCUT2D eigenvalue weighted by molar-refractivity contribution is 0.218. The molecule has 0 saturated carbocycles. The number of nitrogens with one attached hydrogen (secondary N) is 2. The molecule has 1 saturated heterocycles. The average molecular weight is 258 g/mol. The summed E-state index contributed by atoms with van der Waals surface area (Å²) in [6, 6.07) is -0.0735. The van der Waals surface area contributed by atoms with Gasteiger partial charge in [-0.25, -0.2) is 4.79 Å². The minimum Gasteiger partial charge on any atom is -0.359 e. The number of amides is 2. The van der Waals surface area contributed by atoms with Gasteiger partial charge in [-0.15, -0.1) is 0 Å². The quantitative estimate of drug-likeness (QED) is 0.743. The maximum Gasteiger partial charge on any atom is 0.316 e. The van der Waals surface area contributed by atoms with E-state index in [0.29, 0.717) is 13.1 Å². The van der Waals surface area contributed by atoms with E-state index in [-0.39, 0.29) is 11.6 Å². The monoisotopic (exact) mass is 258 g/mol. The number of carbonyl (C=O) groups excluding carboxylic acids is 1. The summed E-state index contributed by atoms with van der Waals surface area (Å²) in [4.78, 5) is 17.2. The first-order valence-corrected chi connectivity index (χ1v) is 6.86. The van der Waals surface area contributed by atoms with Crippen molar-refractivity contribution in [1.29, 1.82) is 0 Å². The van der Waals surface area contributed by atoms with Crippen molar-refractivity contribution in [2.24, 2.45) is 4.99 Å². The van der Waals surface area contributed by atoms with E-state index < -0.39 is 0 Å². The molecule has 0 aromatic rings. The van der Waals surface area contributed by atoms with Gasteiger partial charge in [0.1, 0.15) is 0 Å². The van der Waals surface area contributed by atoms with Crippen molar-refractivity contribution in [3.63, 3.8) is 0 Å². The first-order valence-electron chi connectivity index (χ1n) is 5.87. The van der Waals surface area contributed by atoms with Crippen LogP contribution in [-0.2, 0) is 0 Å². The molecule has 2 N–H and O–H groups in total. The zero-order valence-corrected chi connectivity index (χ0v) is 11.9. The molecule has 0 aliphatic carbocycles. The molecule has 1 rings (SSSR count). The molecule has 1 aliphatic rings. The SMILES string of the molecule is CCC1(C)CSC(=NCCNC(=O)N(C)C)N1. The van der Waals surface area contributed by atoms with E-state index in [2.05, 4.69) is 29.5 Å². The van der Waals surface area contributed by atoms with Gasteiger partial charge in [0.05, 0.1) is 6.54 Å². The fourth-order valence-electron chi connectivity index (χ4n) is 1.31. The maximum absolute atomic E-state index is 11.2. The molecule has 0 radical (unpaired) electrons. The second-order valence-electron chi connectivity index (χ2n) is 4.64. The van der Waals surface area contributed by atoms with E-state index in [1.54, 1.807) is 25.9 Å². The first-order chi connectivity index (χ1) is 7.97. The highest BCUT2D eigenvalue weighted by molar-refractivity contribution is 8.14.